The number of anilines is 3. The van der Waals surface area contributed by atoms with Crippen molar-refractivity contribution in [3.05, 3.63) is 196 Å². The van der Waals surface area contributed by atoms with Crippen LogP contribution in [0.1, 0.15) is 97.9 Å². The van der Waals surface area contributed by atoms with Crippen molar-refractivity contribution in [3.8, 4) is 28.8 Å². The molecule has 0 aliphatic carbocycles. The van der Waals surface area contributed by atoms with Crippen LogP contribution in [0.15, 0.2) is 170 Å². The average molecular weight is 1910 g/mol. The van der Waals surface area contributed by atoms with E-state index in [1.54, 1.807) is 112 Å². The summed E-state index contributed by atoms with van der Waals surface area (Å²) in [6.45, 7) is 17.5. The Hall–Kier alpha value is -6.17. The summed E-state index contributed by atoms with van der Waals surface area (Å²) in [6, 6.07) is 52.2. The monoisotopic (exact) mass is 1910 g/mol. The maximum atomic E-state index is 11.6. The number of hydrogen-bond acceptors (Lipinski definition) is 23. The topological polar surface area (TPSA) is 365 Å². The number of amides is 1. The Morgan fingerprint density at radius 1 is 0.545 bits per heavy atom. The van der Waals surface area contributed by atoms with Crippen molar-refractivity contribution in [1.29, 1.82) is 5.26 Å². The predicted octanol–water partition coefficient (Wildman–Crippen LogP) is 18.5. The van der Waals surface area contributed by atoms with E-state index in [0.29, 0.717) is 67.0 Å². The van der Waals surface area contributed by atoms with Crippen molar-refractivity contribution in [2.24, 2.45) is 11.6 Å². The second kappa shape index (κ2) is 70.9. The highest BCUT2D eigenvalue weighted by molar-refractivity contribution is 15.0. The number of carbonyl (C=O) groups is 4. The lowest BCUT2D eigenvalue weighted by Gasteiger charge is -2.06. The highest BCUT2D eigenvalue weighted by Crippen LogP contribution is 2.61. The van der Waals surface area contributed by atoms with Crippen molar-refractivity contribution in [2.75, 3.05) is 43.5 Å². The van der Waals surface area contributed by atoms with E-state index >= 15 is 0 Å². The number of rotatable bonds is 11. The number of esters is 2. The van der Waals surface area contributed by atoms with Crippen LogP contribution >= 0.6 is 159 Å². The third kappa shape index (κ3) is 51.6. The molecule has 6 aromatic heterocycles. The van der Waals surface area contributed by atoms with Crippen LogP contribution in [0.2, 0.25) is 15.5 Å². The molecule has 10 aromatic rings. The van der Waals surface area contributed by atoms with Gasteiger partial charge in [-0.25, -0.2) is 5.84 Å². The van der Waals surface area contributed by atoms with E-state index in [0.717, 1.165) is 11.1 Å². The lowest BCUT2D eigenvalue weighted by molar-refractivity contribution is -0.139. The molecular formula is C62H83BCl8I3N19O7P. The Labute approximate surface area is 674 Å². The van der Waals surface area contributed by atoms with E-state index in [4.69, 9.17) is 63.2 Å². The van der Waals surface area contributed by atoms with E-state index < -0.39 is 10.4 Å². The van der Waals surface area contributed by atoms with Gasteiger partial charge in [-0.15, -0.1) is 82.3 Å². The standard InChI is InChI=1S/C14H13N5O2.C11H9ClN4O.C11H7ClN4.C7H5ClO.C4H5ClN4.C3H7NO2.C2H3N.4C2H6.2CH4.B.Cl3OP.ClH.I2.HI/c1-21-13(20)9-15-11-7-8-12-16-17-14(19(12)18-11)10-5-3-2-4-6-10;12-9-6-7-10(14-13-9)15-16-11(17)8-4-2-1-3-5-8;12-9-6-7-10-13-14-11(16(10)15-9)8-4-2-1-3-5-8;8-7(9)6-4-2-1-3-5-6;5-3-1-2-4(7-6)9-8-3;1-6-3(5)2-4;1-2-3;4*1-2;;;;1-5(2,3)4;;1-2;/h2-8H,9H2,1H3,(H,15,18);1-7H,(H,14,15)(H,16,17);1-7H;1-5H;1-2H,6H2,(H,7,9);2,4H2,1H3;1H3;4*1-2H3;2*1H4;;;1H;;1H. The quantitative estimate of drug-likeness (QED) is 0.0133. The van der Waals surface area contributed by atoms with Crippen LogP contribution in [0, 0.1) is 11.3 Å². The molecule has 1 amide bonds. The second-order valence-electron chi connectivity index (χ2n) is 15.2. The van der Waals surface area contributed by atoms with Gasteiger partial charge in [0.25, 0.3) is 11.1 Å². The number of nitrogens with one attached hydrogen (secondary N) is 4. The van der Waals surface area contributed by atoms with Crippen LogP contribution in [0.3, 0.4) is 0 Å². The molecule has 0 spiro atoms. The third-order valence-corrected chi connectivity index (χ3v) is 10.2. The van der Waals surface area contributed by atoms with Crippen LogP contribution < -0.4 is 33.2 Å². The van der Waals surface area contributed by atoms with Gasteiger partial charge >= 0.3 is 17.1 Å². The number of halogens is 11. The minimum Gasteiger partial charge on any atom is -0.468 e. The summed E-state index contributed by atoms with van der Waals surface area (Å²) in [5.74, 6) is 6.82. The van der Waals surface area contributed by atoms with Gasteiger partial charge in [0.05, 0.1) is 26.8 Å². The fourth-order valence-electron chi connectivity index (χ4n) is 5.63. The number of nitrogen functional groups attached to an aromatic ring is 1. The second-order valence-corrected chi connectivity index (χ2v) is 23.4. The molecule has 8 N–H and O–H groups in total. The number of carbonyl (C=O) groups excluding carboxylic acids is 4. The highest BCUT2D eigenvalue weighted by atomic mass is 128. The SMILES string of the molecule is C.C.CC.CC.CC.CC.CC#N.COC(=O)CN.COC(=O)CNc1ccc2nnc(-c3ccccc3)n2n1.Cl.Clc1ccc2nnc(-c3ccccc3)n2n1.I.II.NNc1ccc(Cl)nn1.O=C(Cl)c1ccccc1.O=C(NNc1ccc(Cl)nn1)c1ccccc1.O=P(Cl)(Cl)Cl.[B]. The van der Waals surface area contributed by atoms with Gasteiger partial charge in [0.15, 0.2) is 44.9 Å². The molecule has 101 heavy (non-hydrogen) atoms. The van der Waals surface area contributed by atoms with Crippen LogP contribution in [0.5, 0.6) is 0 Å². The van der Waals surface area contributed by atoms with Crippen LogP contribution in [0.25, 0.3) is 34.1 Å². The number of benzene rings is 4. The molecule has 4 aromatic carbocycles. The number of hydrazine groups is 2. The molecule has 553 valence electrons. The number of nitrogens with zero attached hydrogens (tertiary/aromatic N) is 13. The Kier molecular flexibility index (Phi) is 77.7. The number of nitrogens with two attached hydrogens (primary N) is 2. The Balaban J connectivity index is -0.000000167. The fourth-order valence-corrected chi connectivity index (χ4v) is 6.10. The number of nitriles is 1. The van der Waals surface area contributed by atoms with Gasteiger partial charge in [-0.05, 0) is 106 Å². The first-order valence-corrected chi connectivity index (χ1v) is 40.2. The number of hydrogen-bond donors (Lipinski definition) is 6. The van der Waals surface area contributed by atoms with Crippen LogP contribution in [-0.2, 0) is 23.6 Å². The molecule has 0 unspecified atom stereocenters. The van der Waals surface area contributed by atoms with E-state index in [1.165, 1.54) is 21.1 Å². The molecule has 26 nitrogen and oxygen atoms in total. The number of methoxy groups -OCH3 is 2. The van der Waals surface area contributed by atoms with Gasteiger partial charge in [-0.1, -0.05) is 214 Å². The highest BCUT2D eigenvalue weighted by Gasteiger charge is 2.12. The smallest absolute Gasteiger partial charge is 0.339 e. The summed E-state index contributed by atoms with van der Waals surface area (Å²) in [6.07, 6.45) is 0. The molecule has 3 radical (unpaired) electrons. The van der Waals surface area contributed by atoms with Gasteiger partial charge in [0, 0.05) is 74.8 Å². The first-order valence-electron chi connectivity index (χ1n) is 28.0. The molecule has 0 aliphatic rings. The van der Waals surface area contributed by atoms with Crippen LogP contribution in [0.4, 0.5) is 17.5 Å². The molecular weight excluding hydrogens is 1830 g/mol. The Morgan fingerprint density at radius 2 is 0.891 bits per heavy atom. The lowest BCUT2D eigenvalue weighted by atomic mass is 10.2. The van der Waals surface area contributed by atoms with Gasteiger partial charge in [-0.3, -0.25) is 34.6 Å². The largest absolute Gasteiger partial charge is 0.468 e. The summed E-state index contributed by atoms with van der Waals surface area (Å²) in [5.41, 5.74) is 16.6. The molecule has 0 atom stereocenters. The molecule has 0 fully saturated rings. The lowest BCUT2D eigenvalue weighted by Crippen LogP contribution is -2.29. The zero-order chi connectivity index (χ0) is 73.3. The Bertz CT molecular complexity index is 3760. The summed E-state index contributed by atoms with van der Waals surface area (Å²) in [7, 11) is 2.64. The first-order chi connectivity index (χ1) is 46.2. The fraction of sp³-hybridized carbons (Fsp3) is 0.242. The molecule has 10 rings (SSSR count). The predicted molar refractivity (Wildman–Crippen MR) is 447 cm³/mol. The zero-order valence-corrected chi connectivity index (χ0v) is 68.8. The summed E-state index contributed by atoms with van der Waals surface area (Å²) >= 11 is 40.1. The molecule has 6 heterocycles. The Morgan fingerprint density at radius 3 is 1.23 bits per heavy atom. The third-order valence-electron chi connectivity index (χ3n) is 9.35. The number of fused-ring (bicyclic) bond motifs is 2. The maximum Gasteiger partial charge on any atom is 0.339 e. The first kappa shape index (κ1) is 111. The van der Waals surface area contributed by atoms with E-state index in [9.17, 15) is 23.7 Å². The zero-order valence-electron chi connectivity index (χ0n) is 55.1. The van der Waals surface area contributed by atoms with Crippen molar-refractivity contribution in [2.45, 2.75) is 77.2 Å². The molecule has 0 saturated heterocycles. The van der Waals surface area contributed by atoms with Crippen molar-refractivity contribution >= 4 is 219 Å². The molecule has 0 saturated carbocycles. The van der Waals surface area contributed by atoms with Crippen molar-refractivity contribution in [1.82, 2.24) is 65.4 Å². The maximum absolute atomic E-state index is 11.6. The van der Waals surface area contributed by atoms with Gasteiger partial charge in [0.2, 0.25) is 0 Å². The summed E-state index contributed by atoms with van der Waals surface area (Å²) in [5, 5.41) is 47.0. The summed E-state index contributed by atoms with van der Waals surface area (Å²) in [4.78, 5) is 43.0. The minimum atomic E-state index is -3.22. The van der Waals surface area contributed by atoms with E-state index in [-0.39, 0.29) is 90.6 Å². The normalized spacial score (nSPS) is 8.56. The molecule has 0 bridgehead atoms. The van der Waals surface area contributed by atoms with E-state index in [1.807, 2.05) is 128 Å². The number of aromatic nitrogens is 12. The van der Waals surface area contributed by atoms with E-state index in [2.05, 4.69) is 153 Å². The van der Waals surface area contributed by atoms with Crippen LogP contribution in [-0.4, -0.2) is 119 Å². The molecule has 39 heteroatoms. The van der Waals surface area contributed by atoms with Crippen molar-refractivity contribution in [3.63, 3.8) is 0 Å². The summed E-state index contributed by atoms with van der Waals surface area (Å²) < 4.78 is 21.5. The van der Waals surface area contributed by atoms with Gasteiger partial charge < -0.3 is 25.9 Å². The molecule has 0 aliphatic heterocycles. The average Bonchev–Trinajstić information content (AvgIpc) is 1.68. The van der Waals surface area contributed by atoms with Gasteiger partial charge in [-0.2, -0.15) is 19.4 Å². The van der Waals surface area contributed by atoms with Gasteiger partial charge in [0.1, 0.15) is 17.5 Å². The minimum absolute atomic E-state index is 0. The van der Waals surface area contributed by atoms with Crippen molar-refractivity contribution < 1.29 is 33.2 Å². The number of ether oxygens (including phenoxy) is 2.